The van der Waals surface area contributed by atoms with Crippen LogP contribution in [-0.2, 0) is 0 Å². The second-order valence-electron chi connectivity index (χ2n) is 3.10. The normalized spacial score (nSPS) is 9.88. The molecule has 86 valence electrons. The van der Waals surface area contributed by atoms with E-state index in [0.29, 0.717) is 10.6 Å². The fourth-order valence-electron chi connectivity index (χ4n) is 1.28. The predicted molar refractivity (Wildman–Crippen MR) is 62.7 cm³/mol. The van der Waals surface area contributed by atoms with Gasteiger partial charge in [-0.2, -0.15) is 0 Å². The van der Waals surface area contributed by atoms with E-state index in [9.17, 15) is 9.59 Å². The average molecular weight is 248 g/mol. The van der Waals surface area contributed by atoms with E-state index in [1.165, 1.54) is 6.20 Å². The van der Waals surface area contributed by atoms with Crippen molar-refractivity contribution in [2.24, 2.45) is 5.73 Å². The van der Waals surface area contributed by atoms with Gasteiger partial charge in [-0.15, -0.1) is 5.10 Å². The molecule has 1 aromatic carbocycles. The SMILES string of the molecule is NC(=O)N(C(=O)c1ccccc1)c1cnns1. The van der Waals surface area contributed by atoms with Crippen molar-refractivity contribution in [2.45, 2.75) is 0 Å². The summed E-state index contributed by atoms with van der Waals surface area (Å²) >= 11 is 0.926. The first-order valence-corrected chi connectivity index (χ1v) is 5.44. The van der Waals surface area contributed by atoms with Gasteiger partial charge in [0, 0.05) is 17.1 Å². The van der Waals surface area contributed by atoms with E-state index >= 15 is 0 Å². The third kappa shape index (κ3) is 2.28. The summed E-state index contributed by atoms with van der Waals surface area (Å²) in [6.45, 7) is 0. The molecule has 0 radical (unpaired) electrons. The number of benzene rings is 1. The number of imide groups is 1. The van der Waals surface area contributed by atoms with E-state index in [1.807, 2.05) is 0 Å². The van der Waals surface area contributed by atoms with Gasteiger partial charge in [0.25, 0.3) is 5.91 Å². The fourth-order valence-corrected chi connectivity index (χ4v) is 1.81. The van der Waals surface area contributed by atoms with Crippen molar-refractivity contribution in [3.05, 3.63) is 42.1 Å². The minimum atomic E-state index is -0.857. The molecule has 0 aliphatic heterocycles. The average Bonchev–Trinajstić information content (AvgIpc) is 2.83. The van der Waals surface area contributed by atoms with E-state index in [4.69, 9.17) is 5.73 Å². The van der Waals surface area contributed by atoms with Crippen LogP contribution in [-0.4, -0.2) is 21.5 Å². The molecule has 0 fully saturated rings. The fraction of sp³-hybridized carbons (Fsp3) is 0. The monoisotopic (exact) mass is 248 g/mol. The van der Waals surface area contributed by atoms with Crippen LogP contribution < -0.4 is 10.6 Å². The molecule has 0 aliphatic rings. The predicted octanol–water partition coefficient (Wildman–Crippen LogP) is 1.26. The van der Waals surface area contributed by atoms with Crippen LogP contribution in [0, 0.1) is 0 Å². The lowest BCUT2D eigenvalue weighted by molar-refractivity contribution is 0.0995. The Morgan fingerprint density at radius 3 is 2.47 bits per heavy atom. The number of urea groups is 1. The van der Waals surface area contributed by atoms with Crippen LogP contribution in [0.3, 0.4) is 0 Å². The summed E-state index contributed by atoms with van der Waals surface area (Å²) in [6, 6.07) is 7.54. The standard InChI is InChI=1S/C10H8N4O2S/c11-10(16)14(8-6-12-13-17-8)9(15)7-4-2-1-3-5-7/h1-6H,(H2,11,16). The number of hydrogen-bond donors (Lipinski definition) is 1. The first-order valence-electron chi connectivity index (χ1n) is 4.66. The summed E-state index contributed by atoms with van der Waals surface area (Å²) in [6.07, 6.45) is 1.32. The van der Waals surface area contributed by atoms with Gasteiger partial charge in [-0.1, -0.05) is 22.7 Å². The molecule has 2 rings (SSSR count). The molecule has 0 bridgehead atoms. The Balaban J connectivity index is 2.36. The first-order chi connectivity index (χ1) is 8.20. The van der Waals surface area contributed by atoms with Crippen LogP contribution in [0.2, 0.25) is 0 Å². The van der Waals surface area contributed by atoms with E-state index in [2.05, 4.69) is 9.59 Å². The molecule has 3 amide bonds. The lowest BCUT2D eigenvalue weighted by Gasteiger charge is -2.14. The van der Waals surface area contributed by atoms with E-state index in [1.54, 1.807) is 30.3 Å². The molecule has 7 heteroatoms. The molecular weight excluding hydrogens is 240 g/mol. The molecule has 0 saturated heterocycles. The number of hydrogen-bond acceptors (Lipinski definition) is 5. The molecular formula is C10H8N4O2S. The number of anilines is 1. The highest BCUT2D eigenvalue weighted by Gasteiger charge is 2.24. The zero-order valence-electron chi connectivity index (χ0n) is 8.61. The van der Waals surface area contributed by atoms with Gasteiger partial charge in [0.05, 0.1) is 6.20 Å². The highest BCUT2D eigenvalue weighted by Crippen LogP contribution is 2.19. The third-order valence-electron chi connectivity index (χ3n) is 2.01. The summed E-state index contributed by atoms with van der Waals surface area (Å²) in [5, 5.41) is 3.87. The van der Waals surface area contributed by atoms with Crippen molar-refractivity contribution in [2.75, 3.05) is 4.90 Å². The smallest absolute Gasteiger partial charge is 0.327 e. The Bertz CT molecular complexity index is 527. The van der Waals surface area contributed by atoms with Crippen LogP contribution in [0.5, 0.6) is 0 Å². The number of aromatic nitrogens is 2. The van der Waals surface area contributed by atoms with Gasteiger partial charge in [-0.05, 0) is 12.1 Å². The largest absolute Gasteiger partial charge is 0.351 e. The maximum absolute atomic E-state index is 12.1. The van der Waals surface area contributed by atoms with E-state index in [0.717, 1.165) is 16.4 Å². The second-order valence-corrected chi connectivity index (χ2v) is 3.86. The van der Waals surface area contributed by atoms with Crippen LogP contribution in [0.4, 0.5) is 9.80 Å². The molecule has 0 unspecified atom stereocenters. The van der Waals surface area contributed by atoms with Crippen molar-refractivity contribution >= 4 is 28.5 Å². The van der Waals surface area contributed by atoms with Gasteiger partial charge in [-0.3, -0.25) is 4.79 Å². The summed E-state index contributed by atoms with van der Waals surface area (Å²) in [5.41, 5.74) is 5.56. The minimum Gasteiger partial charge on any atom is -0.351 e. The maximum Gasteiger partial charge on any atom is 0.327 e. The molecule has 1 heterocycles. The Morgan fingerprint density at radius 1 is 1.24 bits per heavy atom. The van der Waals surface area contributed by atoms with Crippen LogP contribution >= 0.6 is 11.5 Å². The van der Waals surface area contributed by atoms with Gasteiger partial charge in [0.2, 0.25) is 0 Å². The number of nitrogens with zero attached hydrogens (tertiary/aromatic N) is 3. The van der Waals surface area contributed by atoms with Crippen molar-refractivity contribution in [1.82, 2.24) is 9.59 Å². The molecule has 0 aliphatic carbocycles. The van der Waals surface area contributed by atoms with Crippen molar-refractivity contribution in [1.29, 1.82) is 0 Å². The molecule has 17 heavy (non-hydrogen) atoms. The number of nitrogens with two attached hydrogens (primary N) is 1. The molecule has 0 saturated carbocycles. The number of carbonyl (C=O) groups is 2. The minimum absolute atomic E-state index is 0.298. The zero-order valence-corrected chi connectivity index (χ0v) is 9.42. The van der Waals surface area contributed by atoms with E-state index in [-0.39, 0.29) is 0 Å². The third-order valence-corrected chi connectivity index (χ3v) is 2.67. The lowest BCUT2D eigenvalue weighted by atomic mass is 10.2. The van der Waals surface area contributed by atoms with E-state index < -0.39 is 11.9 Å². The summed E-state index contributed by atoms with van der Waals surface area (Å²) in [5.74, 6) is -0.496. The highest BCUT2D eigenvalue weighted by molar-refractivity contribution is 7.10. The molecule has 1 aromatic heterocycles. The maximum atomic E-state index is 12.1. The Morgan fingerprint density at radius 2 is 1.94 bits per heavy atom. The van der Waals surface area contributed by atoms with Crippen molar-refractivity contribution in [3.8, 4) is 0 Å². The van der Waals surface area contributed by atoms with Gasteiger partial charge in [0.1, 0.15) is 5.00 Å². The van der Waals surface area contributed by atoms with Crippen LogP contribution in [0.1, 0.15) is 10.4 Å². The molecule has 0 spiro atoms. The van der Waals surface area contributed by atoms with Gasteiger partial charge in [0.15, 0.2) is 0 Å². The van der Waals surface area contributed by atoms with Crippen molar-refractivity contribution in [3.63, 3.8) is 0 Å². The van der Waals surface area contributed by atoms with Gasteiger partial charge >= 0.3 is 6.03 Å². The number of rotatable bonds is 2. The first kappa shape index (κ1) is 11.2. The zero-order chi connectivity index (χ0) is 12.3. The van der Waals surface area contributed by atoms with Gasteiger partial charge in [-0.25, -0.2) is 9.69 Å². The van der Waals surface area contributed by atoms with Crippen LogP contribution in [0.15, 0.2) is 36.5 Å². The van der Waals surface area contributed by atoms with Crippen molar-refractivity contribution < 1.29 is 9.59 Å². The molecule has 2 N–H and O–H groups in total. The van der Waals surface area contributed by atoms with Gasteiger partial charge < -0.3 is 5.73 Å². The number of amides is 3. The second kappa shape index (κ2) is 4.71. The number of primary amides is 1. The molecule has 6 nitrogen and oxygen atoms in total. The highest BCUT2D eigenvalue weighted by atomic mass is 32.1. The number of carbonyl (C=O) groups excluding carboxylic acids is 2. The van der Waals surface area contributed by atoms with Crippen LogP contribution in [0.25, 0.3) is 0 Å². The topological polar surface area (TPSA) is 89.2 Å². The quantitative estimate of drug-likeness (QED) is 0.866. The Kier molecular flexibility index (Phi) is 3.10. The molecule has 0 atom stereocenters. The summed E-state index contributed by atoms with van der Waals surface area (Å²) in [7, 11) is 0. The lowest BCUT2D eigenvalue weighted by Crippen LogP contribution is -2.40. The molecule has 2 aromatic rings. The Hall–Kier alpha value is -2.28. The summed E-state index contributed by atoms with van der Waals surface area (Å²) < 4.78 is 3.59. The summed E-state index contributed by atoms with van der Waals surface area (Å²) in [4.78, 5) is 24.2. The Labute approximate surface area is 101 Å².